The third kappa shape index (κ3) is 0.947. The number of fused-ring (bicyclic) bond motifs is 1. The molecule has 0 atom stereocenters. The molecule has 0 aliphatic heterocycles. The van der Waals surface area contributed by atoms with E-state index in [1.165, 1.54) is 6.33 Å². The number of rotatable bonds is 1. The second-order valence-electron chi connectivity index (χ2n) is 2.15. The van der Waals surface area contributed by atoms with E-state index in [1.54, 1.807) is 16.9 Å². The summed E-state index contributed by atoms with van der Waals surface area (Å²) in [4.78, 5) is 7.99. The zero-order chi connectivity index (χ0) is 7.68. The maximum Gasteiger partial charge on any atom is 0.173 e. The normalized spacial score (nSPS) is 10.6. The highest BCUT2D eigenvalue weighted by Crippen LogP contribution is 1.96. The zero-order valence-electron chi connectivity index (χ0n) is 5.81. The predicted molar refractivity (Wildman–Crippen MR) is 38.7 cm³/mol. The highest BCUT2D eigenvalue weighted by atomic mass is 15.3. The molecule has 0 aliphatic carbocycles. The molecule has 0 spiro atoms. The van der Waals surface area contributed by atoms with Gasteiger partial charge in [-0.25, -0.2) is 9.50 Å². The SMILES string of the molecule is NCc1cn2ncnc2cn1. The van der Waals surface area contributed by atoms with Crippen molar-refractivity contribution in [2.75, 3.05) is 0 Å². The van der Waals surface area contributed by atoms with Crippen LogP contribution in [-0.2, 0) is 6.54 Å². The lowest BCUT2D eigenvalue weighted by atomic mass is 10.4. The minimum atomic E-state index is 0.426. The summed E-state index contributed by atoms with van der Waals surface area (Å²) in [6.07, 6.45) is 4.90. The van der Waals surface area contributed by atoms with Gasteiger partial charge in [0.05, 0.1) is 18.1 Å². The molecule has 2 N–H and O–H groups in total. The zero-order valence-corrected chi connectivity index (χ0v) is 5.81. The van der Waals surface area contributed by atoms with E-state index in [0.29, 0.717) is 6.54 Å². The van der Waals surface area contributed by atoms with Gasteiger partial charge in [0.2, 0.25) is 0 Å². The molecule has 0 radical (unpaired) electrons. The van der Waals surface area contributed by atoms with E-state index in [1.807, 2.05) is 0 Å². The molecule has 0 aromatic carbocycles. The highest BCUT2D eigenvalue weighted by Gasteiger charge is 1.95. The summed E-state index contributed by atoms with van der Waals surface area (Å²) in [5, 5.41) is 3.94. The molecule has 2 rings (SSSR count). The Morgan fingerprint density at radius 3 is 3.18 bits per heavy atom. The van der Waals surface area contributed by atoms with Crippen LogP contribution in [-0.4, -0.2) is 19.6 Å². The first-order valence-corrected chi connectivity index (χ1v) is 3.24. The average molecular weight is 149 g/mol. The molecular weight excluding hydrogens is 142 g/mol. The van der Waals surface area contributed by atoms with E-state index in [0.717, 1.165) is 11.3 Å². The van der Waals surface area contributed by atoms with Gasteiger partial charge in [-0.05, 0) is 0 Å². The second kappa shape index (κ2) is 2.28. The van der Waals surface area contributed by atoms with E-state index in [4.69, 9.17) is 5.73 Å². The molecule has 5 nitrogen and oxygen atoms in total. The Morgan fingerprint density at radius 1 is 1.45 bits per heavy atom. The van der Waals surface area contributed by atoms with E-state index in [9.17, 15) is 0 Å². The maximum atomic E-state index is 5.39. The average Bonchev–Trinajstić information content (AvgIpc) is 2.50. The lowest BCUT2D eigenvalue weighted by Gasteiger charge is -1.94. The van der Waals surface area contributed by atoms with Crippen molar-refractivity contribution < 1.29 is 0 Å². The fourth-order valence-corrected chi connectivity index (χ4v) is 0.871. The third-order valence-corrected chi connectivity index (χ3v) is 1.43. The van der Waals surface area contributed by atoms with Crippen molar-refractivity contribution in [2.45, 2.75) is 6.54 Å². The molecule has 0 fully saturated rings. The largest absolute Gasteiger partial charge is 0.325 e. The molecule has 0 unspecified atom stereocenters. The van der Waals surface area contributed by atoms with E-state index in [2.05, 4.69) is 15.1 Å². The van der Waals surface area contributed by atoms with Crippen LogP contribution in [0.3, 0.4) is 0 Å². The van der Waals surface area contributed by atoms with Crippen LogP contribution in [0.5, 0.6) is 0 Å². The molecular formula is C6H7N5. The maximum absolute atomic E-state index is 5.39. The predicted octanol–water partition coefficient (Wildman–Crippen LogP) is -0.417. The van der Waals surface area contributed by atoms with Crippen LogP contribution in [0.1, 0.15) is 5.69 Å². The van der Waals surface area contributed by atoms with Crippen LogP contribution in [0, 0.1) is 0 Å². The highest BCUT2D eigenvalue weighted by molar-refractivity contribution is 5.32. The molecule has 56 valence electrons. The van der Waals surface area contributed by atoms with Crippen molar-refractivity contribution in [1.82, 2.24) is 19.6 Å². The van der Waals surface area contributed by atoms with Crippen LogP contribution >= 0.6 is 0 Å². The Bertz CT molecular complexity index is 366. The lowest BCUT2D eigenvalue weighted by molar-refractivity contribution is 0.888. The first-order chi connectivity index (χ1) is 5.40. The molecule has 0 aliphatic rings. The van der Waals surface area contributed by atoms with Gasteiger partial charge < -0.3 is 5.73 Å². The summed E-state index contributed by atoms with van der Waals surface area (Å²) >= 11 is 0. The molecule has 0 saturated heterocycles. The number of hydrogen-bond donors (Lipinski definition) is 1. The fraction of sp³-hybridized carbons (Fsp3) is 0.167. The van der Waals surface area contributed by atoms with Crippen LogP contribution < -0.4 is 5.73 Å². The molecule has 0 amide bonds. The van der Waals surface area contributed by atoms with Gasteiger partial charge in [0, 0.05) is 6.54 Å². The van der Waals surface area contributed by atoms with Crippen molar-refractivity contribution in [1.29, 1.82) is 0 Å². The summed E-state index contributed by atoms with van der Waals surface area (Å²) in [5.74, 6) is 0. The second-order valence-corrected chi connectivity index (χ2v) is 2.15. The molecule has 2 aromatic rings. The number of nitrogens with zero attached hydrogens (tertiary/aromatic N) is 4. The van der Waals surface area contributed by atoms with E-state index in [-0.39, 0.29) is 0 Å². The Balaban J connectivity index is 2.67. The Labute approximate surface area is 62.9 Å². The summed E-state index contributed by atoms with van der Waals surface area (Å²) in [7, 11) is 0. The van der Waals surface area contributed by atoms with Gasteiger partial charge in [0.25, 0.3) is 0 Å². The van der Waals surface area contributed by atoms with Gasteiger partial charge in [-0.15, -0.1) is 0 Å². The molecule has 0 bridgehead atoms. The third-order valence-electron chi connectivity index (χ3n) is 1.43. The summed E-state index contributed by atoms with van der Waals surface area (Å²) in [5.41, 5.74) is 6.93. The standard InChI is InChI=1S/C6H7N5/c7-1-5-3-11-6(2-8-5)9-4-10-11/h2-4H,1,7H2. The van der Waals surface area contributed by atoms with Crippen LogP contribution in [0.4, 0.5) is 0 Å². The van der Waals surface area contributed by atoms with E-state index < -0.39 is 0 Å². The molecule has 0 saturated carbocycles. The van der Waals surface area contributed by atoms with E-state index >= 15 is 0 Å². The molecule has 2 heterocycles. The van der Waals surface area contributed by atoms with Gasteiger partial charge in [0.15, 0.2) is 5.65 Å². The number of hydrogen-bond acceptors (Lipinski definition) is 4. The Kier molecular flexibility index (Phi) is 1.29. The Hall–Kier alpha value is -1.49. The lowest BCUT2D eigenvalue weighted by Crippen LogP contribution is -2.01. The van der Waals surface area contributed by atoms with Gasteiger partial charge in [0.1, 0.15) is 6.33 Å². The smallest absolute Gasteiger partial charge is 0.173 e. The minimum absolute atomic E-state index is 0.426. The summed E-state index contributed by atoms with van der Waals surface area (Å²) in [6.45, 7) is 0.426. The van der Waals surface area contributed by atoms with Crippen molar-refractivity contribution in [3.63, 3.8) is 0 Å². The van der Waals surface area contributed by atoms with Crippen molar-refractivity contribution in [3.05, 3.63) is 24.4 Å². The van der Waals surface area contributed by atoms with Crippen molar-refractivity contribution in [3.8, 4) is 0 Å². The van der Waals surface area contributed by atoms with Gasteiger partial charge >= 0.3 is 0 Å². The topological polar surface area (TPSA) is 69.1 Å². The molecule has 11 heavy (non-hydrogen) atoms. The monoisotopic (exact) mass is 149 g/mol. The van der Waals surface area contributed by atoms with Crippen molar-refractivity contribution in [2.24, 2.45) is 5.73 Å². The number of nitrogens with two attached hydrogens (primary N) is 1. The van der Waals surface area contributed by atoms with Gasteiger partial charge in [-0.2, -0.15) is 5.10 Å². The molecule has 5 heteroatoms. The summed E-state index contributed by atoms with van der Waals surface area (Å²) < 4.78 is 1.65. The van der Waals surface area contributed by atoms with Crippen LogP contribution in [0.2, 0.25) is 0 Å². The Morgan fingerprint density at radius 2 is 2.36 bits per heavy atom. The molecule has 2 aromatic heterocycles. The number of aromatic nitrogens is 4. The van der Waals surface area contributed by atoms with Crippen LogP contribution in [0.25, 0.3) is 5.65 Å². The fourth-order valence-electron chi connectivity index (χ4n) is 0.871. The minimum Gasteiger partial charge on any atom is -0.325 e. The first-order valence-electron chi connectivity index (χ1n) is 3.24. The van der Waals surface area contributed by atoms with Gasteiger partial charge in [-0.1, -0.05) is 0 Å². The first kappa shape index (κ1) is 6.23. The van der Waals surface area contributed by atoms with Crippen LogP contribution in [0.15, 0.2) is 18.7 Å². The van der Waals surface area contributed by atoms with Crippen molar-refractivity contribution >= 4 is 5.65 Å². The quantitative estimate of drug-likeness (QED) is 0.598. The van der Waals surface area contributed by atoms with Gasteiger partial charge in [-0.3, -0.25) is 4.98 Å². The summed E-state index contributed by atoms with van der Waals surface area (Å²) in [6, 6.07) is 0.